The number of hydrogen-bond acceptors (Lipinski definition) is 5. The molecule has 1 amide bonds. The number of nitro benzene ring substituents is 1. The zero-order valence-electron chi connectivity index (χ0n) is 14.0. The van der Waals surface area contributed by atoms with E-state index in [1.54, 1.807) is 26.8 Å². The van der Waals surface area contributed by atoms with E-state index in [2.05, 4.69) is 10.3 Å². The number of carboxylic acids is 1. The topological polar surface area (TPSA) is 135 Å². The third kappa shape index (κ3) is 4.46. The molecule has 0 saturated heterocycles. The minimum atomic E-state index is -1.23. The van der Waals surface area contributed by atoms with Gasteiger partial charge in [0.05, 0.1) is 4.92 Å². The summed E-state index contributed by atoms with van der Waals surface area (Å²) in [7, 11) is 0. The van der Waals surface area contributed by atoms with Crippen molar-refractivity contribution in [3.63, 3.8) is 0 Å². The molecule has 134 valence electrons. The fraction of sp³-hybridized carbons (Fsp3) is 0.375. The lowest BCUT2D eigenvalue weighted by atomic mass is 10.0. The van der Waals surface area contributed by atoms with E-state index in [1.807, 2.05) is 0 Å². The van der Waals surface area contributed by atoms with Crippen LogP contribution in [0, 0.1) is 10.1 Å². The van der Waals surface area contributed by atoms with Crippen molar-refractivity contribution in [2.45, 2.75) is 38.8 Å². The van der Waals surface area contributed by atoms with Crippen LogP contribution in [0.4, 0.5) is 10.5 Å². The number of hydrogen-bond donors (Lipinski definition) is 3. The van der Waals surface area contributed by atoms with Crippen molar-refractivity contribution < 1.29 is 24.4 Å². The van der Waals surface area contributed by atoms with Crippen molar-refractivity contribution in [3.8, 4) is 0 Å². The third-order valence-corrected chi connectivity index (χ3v) is 3.39. The highest BCUT2D eigenvalue weighted by atomic mass is 16.6. The summed E-state index contributed by atoms with van der Waals surface area (Å²) in [5.41, 5.74) is -0.00377. The van der Waals surface area contributed by atoms with Gasteiger partial charge < -0.3 is 20.1 Å². The SMILES string of the molecule is CC(C)(C)OC(=O)NC(Cc1c[nH]c2c([N+](=O)[O-])cccc12)C(=O)O. The first-order valence-corrected chi connectivity index (χ1v) is 7.54. The Morgan fingerprint density at radius 2 is 2.08 bits per heavy atom. The van der Waals surface area contributed by atoms with Crippen molar-refractivity contribution in [2.75, 3.05) is 0 Å². The van der Waals surface area contributed by atoms with Crippen molar-refractivity contribution in [2.24, 2.45) is 0 Å². The predicted molar refractivity (Wildman–Crippen MR) is 89.5 cm³/mol. The Balaban J connectivity index is 2.24. The van der Waals surface area contributed by atoms with Crippen LogP contribution in [0.2, 0.25) is 0 Å². The molecule has 3 N–H and O–H groups in total. The number of nitrogens with one attached hydrogen (secondary N) is 2. The second-order valence-corrected chi connectivity index (χ2v) is 6.51. The van der Waals surface area contributed by atoms with Crippen molar-refractivity contribution in [1.82, 2.24) is 10.3 Å². The molecule has 25 heavy (non-hydrogen) atoms. The van der Waals surface area contributed by atoms with Gasteiger partial charge in [-0.2, -0.15) is 0 Å². The predicted octanol–water partition coefficient (Wildman–Crippen LogP) is 2.60. The van der Waals surface area contributed by atoms with Crippen LogP contribution < -0.4 is 5.32 Å². The molecule has 1 heterocycles. The van der Waals surface area contributed by atoms with E-state index in [4.69, 9.17) is 4.74 Å². The van der Waals surface area contributed by atoms with Crippen LogP contribution in [-0.2, 0) is 16.0 Å². The number of nitro groups is 1. The van der Waals surface area contributed by atoms with Gasteiger partial charge in [-0.15, -0.1) is 0 Å². The zero-order valence-corrected chi connectivity index (χ0v) is 14.0. The summed E-state index contributed by atoms with van der Waals surface area (Å²) in [5.74, 6) is -1.23. The van der Waals surface area contributed by atoms with E-state index in [0.29, 0.717) is 16.5 Å². The highest BCUT2D eigenvalue weighted by Gasteiger charge is 2.26. The molecule has 0 fully saturated rings. The van der Waals surface area contributed by atoms with Gasteiger partial charge in [-0.25, -0.2) is 9.59 Å². The number of carbonyl (C=O) groups excluding carboxylic acids is 1. The number of carbonyl (C=O) groups is 2. The number of H-pyrrole nitrogens is 1. The second-order valence-electron chi connectivity index (χ2n) is 6.51. The average molecular weight is 349 g/mol. The lowest BCUT2D eigenvalue weighted by molar-refractivity contribution is -0.383. The molecular formula is C16H19N3O6. The summed E-state index contributed by atoms with van der Waals surface area (Å²) in [6, 6.07) is 3.30. The minimum absolute atomic E-state index is 0.0459. The van der Waals surface area contributed by atoms with Gasteiger partial charge in [0.2, 0.25) is 0 Å². The molecule has 0 bridgehead atoms. The Labute approximate surface area is 143 Å². The van der Waals surface area contributed by atoms with E-state index in [1.165, 1.54) is 18.3 Å². The molecule has 1 aromatic carbocycles. The molecule has 0 aliphatic heterocycles. The van der Waals surface area contributed by atoms with E-state index < -0.39 is 28.6 Å². The van der Waals surface area contributed by atoms with Crippen LogP contribution >= 0.6 is 0 Å². The Morgan fingerprint density at radius 1 is 1.40 bits per heavy atom. The molecule has 0 saturated carbocycles. The van der Waals surface area contributed by atoms with Crippen LogP contribution in [-0.4, -0.2) is 38.7 Å². The van der Waals surface area contributed by atoms with E-state index in [9.17, 15) is 24.8 Å². The van der Waals surface area contributed by atoms with E-state index in [-0.39, 0.29) is 12.1 Å². The van der Waals surface area contributed by atoms with Crippen LogP contribution in [0.15, 0.2) is 24.4 Å². The molecule has 9 heteroatoms. The number of aliphatic carboxylic acids is 1. The third-order valence-electron chi connectivity index (χ3n) is 3.39. The quantitative estimate of drug-likeness (QED) is 0.561. The summed E-state index contributed by atoms with van der Waals surface area (Å²) >= 11 is 0. The first-order valence-electron chi connectivity index (χ1n) is 7.54. The summed E-state index contributed by atoms with van der Waals surface area (Å²) < 4.78 is 5.07. The summed E-state index contributed by atoms with van der Waals surface area (Å²) in [6.45, 7) is 5.00. The molecular weight excluding hydrogens is 330 g/mol. The maximum absolute atomic E-state index is 11.8. The molecule has 1 unspecified atom stereocenters. The highest BCUT2D eigenvalue weighted by molar-refractivity contribution is 5.91. The average Bonchev–Trinajstić information content (AvgIpc) is 2.87. The van der Waals surface area contributed by atoms with Gasteiger partial charge in [-0.05, 0) is 26.3 Å². The Hall–Kier alpha value is -3.10. The smallest absolute Gasteiger partial charge is 0.408 e. The standard InChI is InChI=1S/C16H19N3O6/c1-16(2,3)25-15(22)18-11(14(20)21)7-9-8-17-13-10(9)5-4-6-12(13)19(23)24/h4-6,8,11,17H,7H2,1-3H3,(H,18,22)(H,20,21). The van der Waals surface area contributed by atoms with Gasteiger partial charge >= 0.3 is 12.1 Å². The van der Waals surface area contributed by atoms with Gasteiger partial charge in [0.25, 0.3) is 5.69 Å². The number of aromatic amines is 1. The number of nitrogens with zero attached hydrogens (tertiary/aromatic N) is 1. The summed E-state index contributed by atoms with van der Waals surface area (Å²) in [6.07, 6.45) is 0.617. The molecule has 1 aromatic heterocycles. The molecule has 0 spiro atoms. The van der Waals surface area contributed by atoms with Crippen LogP contribution in [0.25, 0.3) is 10.9 Å². The molecule has 9 nitrogen and oxygen atoms in total. The number of alkyl carbamates (subject to hydrolysis) is 1. The maximum atomic E-state index is 11.8. The fourth-order valence-electron chi connectivity index (χ4n) is 2.39. The molecule has 2 rings (SSSR count). The van der Waals surface area contributed by atoms with Gasteiger partial charge in [0.15, 0.2) is 0 Å². The number of amides is 1. The largest absolute Gasteiger partial charge is 0.480 e. The molecule has 0 radical (unpaired) electrons. The number of rotatable bonds is 5. The van der Waals surface area contributed by atoms with Gasteiger partial charge in [-0.3, -0.25) is 10.1 Å². The molecule has 0 aliphatic rings. The second kappa shape index (κ2) is 6.80. The molecule has 2 aromatic rings. The van der Waals surface area contributed by atoms with Crippen molar-refractivity contribution in [1.29, 1.82) is 0 Å². The number of carboxylic acid groups (broad SMARTS) is 1. The Morgan fingerprint density at radius 3 is 2.64 bits per heavy atom. The number of ether oxygens (including phenoxy) is 1. The van der Waals surface area contributed by atoms with Crippen molar-refractivity contribution in [3.05, 3.63) is 40.1 Å². The number of non-ortho nitro benzene ring substituents is 1. The van der Waals surface area contributed by atoms with Gasteiger partial charge in [-0.1, -0.05) is 12.1 Å². The number of benzene rings is 1. The normalized spacial score (nSPS) is 12.6. The van der Waals surface area contributed by atoms with Gasteiger partial charge in [0, 0.05) is 24.1 Å². The fourth-order valence-corrected chi connectivity index (χ4v) is 2.39. The minimum Gasteiger partial charge on any atom is -0.480 e. The van der Waals surface area contributed by atoms with Crippen LogP contribution in [0.5, 0.6) is 0 Å². The first-order chi connectivity index (χ1) is 11.6. The van der Waals surface area contributed by atoms with Crippen LogP contribution in [0.3, 0.4) is 0 Å². The monoisotopic (exact) mass is 349 g/mol. The highest BCUT2D eigenvalue weighted by Crippen LogP contribution is 2.27. The van der Waals surface area contributed by atoms with Crippen molar-refractivity contribution >= 4 is 28.7 Å². The zero-order chi connectivity index (χ0) is 18.8. The Bertz CT molecular complexity index is 821. The Kier molecular flexibility index (Phi) is 4.96. The lowest BCUT2D eigenvalue weighted by Crippen LogP contribution is -2.44. The maximum Gasteiger partial charge on any atom is 0.408 e. The lowest BCUT2D eigenvalue weighted by Gasteiger charge is -2.21. The molecule has 0 aliphatic carbocycles. The number of para-hydroxylation sites is 1. The number of aromatic nitrogens is 1. The van der Waals surface area contributed by atoms with E-state index >= 15 is 0 Å². The number of fused-ring (bicyclic) bond motifs is 1. The first kappa shape index (κ1) is 18.2. The van der Waals surface area contributed by atoms with Crippen LogP contribution in [0.1, 0.15) is 26.3 Å². The summed E-state index contributed by atoms with van der Waals surface area (Å²) in [5, 5.41) is 23.2. The van der Waals surface area contributed by atoms with E-state index in [0.717, 1.165) is 0 Å². The molecule has 1 atom stereocenters. The van der Waals surface area contributed by atoms with Gasteiger partial charge in [0.1, 0.15) is 17.2 Å². The summed E-state index contributed by atoms with van der Waals surface area (Å²) in [4.78, 5) is 36.6.